The van der Waals surface area contributed by atoms with Crippen LogP contribution in [0, 0.1) is 0 Å². The van der Waals surface area contributed by atoms with Crippen molar-refractivity contribution in [3.05, 3.63) is 108 Å². The Hall–Kier alpha value is -1.29. The van der Waals surface area contributed by atoms with E-state index >= 15 is 0 Å². The Kier molecular flexibility index (Phi) is 5.16. The van der Waals surface area contributed by atoms with Crippen LogP contribution >= 0.6 is 35.3 Å². The van der Waals surface area contributed by atoms with Crippen molar-refractivity contribution in [1.29, 1.82) is 0 Å². The maximum atomic E-state index is 2.38. The standard InChI is InChI=1S/C22H20S3/c1-22(19-15-9-4-10-16-19)24-20(17-11-5-2-6-12-17)23-21(25-22)18-13-7-3-8-14-18/h2-16,20-21H,1H3. The molecule has 0 spiro atoms. The molecule has 1 heterocycles. The summed E-state index contributed by atoms with van der Waals surface area (Å²) in [4.78, 5) is 0. The quantitative estimate of drug-likeness (QED) is 0.462. The molecule has 0 radical (unpaired) electrons. The van der Waals surface area contributed by atoms with Gasteiger partial charge >= 0.3 is 0 Å². The zero-order valence-corrected chi connectivity index (χ0v) is 16.5. The van der Waals surface area contributed by atoms with Crippen LogP contribution in [0.2, 0.25) is 0 Å². The molecular weight excluding hydrogens is 360 g/mol. The fourth-order valence-electron chi connectivity index (χ4n) is 2.99. The van der Waals surface area contributed by atoms with E-state index in [0.717, 1.165) is 0 Å². The smallest absolute Gasteiger partial charge is 0.0861 e. The first-order valence-corrected chi connectivity index (χ1v) is 11.1. The zero-order chi connectivity index (χ0) is 17.1. The molecule has 0 saturated carbocycles. The summed E-state index contributed by atoms with van der Waals surface area (Å²) in [5.74, 6) is 0. The Morgan fingerprint density at radius 2 is 1.00 bits per heavy atom. The highest BCUT2D eigenvalue weighted by Crippen LogP contribution is 2.69. The molecular formula is C22H20S3. The number of hydrogen-bond acceptors (Lipinski definition) is 3. The van der Waals surface area contributed by atoms with Gasteiger partial charge in [-0.3, -0.25) is 0 Å². The maximum Gasteiger partial charge on any atom is 0.0861 e. The summed E-state index contributed by atoms with van der Waals surface area (Å²) in [6.45, 7) is 2.38. The van der Waals surface area contributed by atoms with Crippen LogP contribution < -0.4 is 0 Å². The van der Waals surface area contributed by atoms with Gasteiger partial charge in [-0.2, -0.15) is 0 Å². The molecule has 0 bridgehead atoms. The fourth-order valence-corrected chi connectivity index (χ4v) is 9.44. The van der Waals surface area contributed by atoms with Gasteiger partial charge < -0.3 is 0 Å². The van der Waals surface area contributed by atoms with E-state index in [2.05, 4.69) is 133 Å². The monoisotopic (exact) mass is 380 g/mol. The lowest BCUT2D eigenvalue weighted by Gasteiger charge is -2.41. The minimum absolute atomic E-state index is 0.0352. The molecule has 1 saturated heterocycles. The van der Waals surface area contributed by atoms with Crippen molar-refractivity contribution in [1.82, 2.24) is 0 Å². The Labute approximate surface area is 162 Å². The summed E-state index contributed by atoms with van der Waals surface area (Å²) in [5, 5.41) is 0. The van der Waals surface area contributed by atoms with Crippen LogP contribution in [0.25, 0.3) is 0 Å². The normalized spacial score (nSPS) is 26.3. The van der Waals surface area contributed by atoms with Crippen molar-refractivity contribution in [3.63, 3.8) is 0 Å². The second-order valence-corrected chi connectivity index (χ2v) is 11.3. The van der Waals surface area contributed by atoms with Gasteiger partial charge in [0.15, 0.2) is 0 Å². The lowest BCUT2D eigenvalue weighted by Crippen LogP contribution is -2.20. The second-order valence-electron chi connectivity index (χ2n) is 6.17. The molecule has 0 nitrogen and oxygen atoms in total. The highest BCUT2D eigenvalue weighted by Gasteiger charge is 2.41. The minimum atomic E-state index is 0.0352. The molecule has 25 heavy (non-hydrogen) atoms. The average molecular weight is 381 g/mol. The van der Waals surface area contributed by atoms with Gasteiger partial charge in [-0.1, -0.05) is 91.0 Å². The lowest BCUT2D eigenvalue weighted by atomic mass is 10.2. The van der Waals surface area contributed by atoms with E-state index in [-0.39, 0.29) is 4.08 Å². The van der Waals surface area contributed by atoms with Crippen LogP contribution in [0.1, 0.15) is 32.8 Å². The Balaban J connectivity index is 1.72. The van der Waals surface area contributed by atoms with E-state index < -0.39 is 0 Å². The van der Waals surface area contributed by atoms with Crippen molar-refractivity contribution >= 4 is 35.3 Å². The van der Waals surface area contributed by atoms with E-state index in [4.69, 9.17) is 0 Å². The van der Waals surface area contributed by atoms with E-state index in [1.165, 1.54) is 16.7 Å². The summed E-state index contributed by atoms with van der Waals surface area (Å²) in [5.41, 5.74) is 4.20. The largest absolute Gasteiger partial charge is 0.123 e. The van der Waals surface area contributed by atoms with E-state index in [1.54, 1.807) is 0 Å². The van der Waals surface area contributed by atoms with Gasteiger partial charge in [0.25, 0.3) is 0 Å². The van der Waals surface area contributed by atoms with Crippen molar-refractivity contribution in [2.75, 3.05) is 0 Å². The summed E-state index contributed by atoms with van der Waals surface area (Å²) >= 11 is 6.19. The van der Waals surface area contributed by atoms with E-state index in [1.807, 2.05) is 0 Å². The molecule has 2 atom stereocenters. The Bertz CT molecular complexity index is 755. The first-order chi connectivity index (χ1) is 12.2. The van der Waals surface area contributed by atoms with E-state index in [0.29, 0.717) is 9.16 Å². The average Bonchev–Trinajstić information content (AvgIpc) is 2.70. The molecule has 0 amide bonds. The minimum Gasteiger partial charge on any atom is -0.123 e. The molecule has 3 aromatic rings. The number of rotatable bonds is 3. The molecule has 4 rings (SSSR count). The summed E-state index contributed by atoms with van der Waals surface area (Å²) in [6, 6.07) is 32.8. The Morgan fingerprint density at radius 3 is 1.44 bits per heavy atom. The molecule has 2 unspecified atom stereocenters. The highest BCUT2D eigenvalue weighted by atomic mass is 32.3. The van der Waals surface area contributed by atoms with Gasteiger partial charge in [-0.25, -0.2) is 0 Å². The van der Waals surface area contributed by atoms with Crippen LogP contribution in [0.3, 0.4) is 0 Å². The van der Waals surface area contributed by atoms with Gasteiger partial charge in [-0.15, -0.1) is 35.3 Å². The number of benzene rings is 3. The van der Waals surface area contributed by atoms with Crippen LogP contribution in [0.15, 0.2) is 91.0 Å². The SMILES string of the molecule is CC1(c2ccccc2)SC(c2ccccc2)SC(c2ccccc2)S1. The maximum absolute atomic E-state index is 2.38. The van der Waals surface area contributed by atoms with Crippen LogP contribution in [-0.2, 0) is 4.08 Å². The van der Waals surface area contributed by atoms with Crippen LogP contribution in [0.5, 0.6) is 0 Å². The fraction of sp³-hybridized carbons (Fsp3) is 0.182. The molecule has 1 fully saturated rings. The van der Waals surface area contributed by atoms with Gasteiger partial charge in [0.05, 0.1) is 13.2 Å². The summed E-state index contributed by atoms with van der Waals surface area (Å²) < 4.78 is 0.892. The van der Waals surface area contributed by atoms with Crippen molar-refractivity contribution < 1.29 is 0 Å². The summed E-state index contributed by atoms with van der Waals surface area (Å²) in [7, 11) is 0. The van der Waals surface area contributed by atoms with Gasteiger partial charge in [0.1, 0.15) is 0 Å². The molecule has 126 valence electrons. The topological polar surface area (TPSA) is 0 Å². The molecule has 0 aliphatic carbocycles. The first kappa shape index (κ1) is 17.1. The third-order valence-electron chi connectivity index (χ3n) is 4.35. The molecule has 3 aromatic carbocycles. The third kappa shape index (κ3) is 3.79. The molecule has 0 aromatic heterocycles. The van der Waals surface area contributed by atoms with Crippen molar-refractivity contribution in [2.24, 2.45) is 0 Å². The first-order valence-electron chi connectivity index (χ1n) is 8.41. The molecule has 0 N–H and O–H groups in total. The van der Waals surface area contributed by atoms with Gasteiger partial charge in [-0.05, 0) is 23.6 Å². The summed E-state index contributed by atoms with van der Waals surface area (Å²) in [6.07, 6.45) is 0. The van der Waals surface area contributed by atoms with Crippen LogP contribution in [0.4, 0.5) is 0 Å². The molecule has 3 heteroatoms. The predicted octanol–water partition coefficient (Wildman–Crippen LogP) is 7.47. The van der Waals surface area contributed by atoms with Gasteiger partial charge in [0.2, 0.25) is 0 Å². The third-order valence-corrected chi connectivity index (χ3v) is 9.56. The highest BCUT2D eigenvalue weighted by molar-refractivity contribution is 8.33. The number of hydrogen-bond donors (Lipinski definition) is 0. The zero-order valence-electron chi connectivity index (χ0n) is 14.0. The molecule has 1 aliphatic rings. The predicted molar refractivity (Wildman–Crippen MR) is 115 cm³/mol. The lowest BCUT2D eigenvalue weighted by molar-refractivity contribution is 0.993. The Morgan fingerprint density at radius 1 is 0.600 bits per heavy atom. The van der Waals surface area contributed by atoms with Crippen LogP contribution in [-0.4, -0.2) is 0 Å². The second kappa shape index (κ2) is 7.53. The molecule has 1 aliphatic heterocycles. The number of thioether (sulfide) groups is 3. The van der Waals surface area contributed by atoms with Crippen molar-refractivity contribution in [2.45, 2.75) is 20.2 Å². The van der Waals surface area contributed by atoms with Gasteiger partial charge in [0, 0.05) is 0 Å². The van der Waals surface area contributed by atoms with E-state index in [9.17, 15) is 0 Å². The van der Waals surface area contributed by atoms with Crippen molar-refractivity contribution in [3.8, 4) is 0 Å².